The van der Waals surface area contributed by atoms with Gasteiger partial charge in [0.15, 0.2) is 0 Å². The van der Waals surface area contributed by atoms with Crippen molar-refractivity contribution in [2.45, 2.75) is 38.5 Å². The van der Waals surface area contributed by atoms with Crippen molar-refractivity contribution in [2.24, 2.45) is 5.92 Å². The van der Waals surface area contributed by atoms with Crippen molar-refractivity contribution in [3.05, 3.63) is 23.3 Å². The molecule has 1 saturated heterocycles. The van der Waals surface area contributed by atoms with Crippen LogP contribution in [0.2, 0.25) is 0 Å². The second-order valence-corrected chi connectivity index (χ2v) is 8.15. The maximum atomic E-state index is 13.0. The molecule has 0 saturated carbocycles. The predicted molar refractivity (Wildman–Crippen MR) is 99.7 cm³/mol. The van der Waals surface area contributed by atoms with E-state index in [1.54, 1.807) is 23.5 Å². The first-order valence-corrected chi connectivity index (χ1v) is 9.70. The molecule has 1 N–H and O–H groups in total. The van der Waals surface area contributed by atoms with Crippen LogP contribution in [-0.2, 0) is 10.0 Å². The first-order valence-electron chi connectivity index (χ1n) is 8.26. The van der Waals surface area contributed by atoms with E-state index in [0.717, 1.165) is 42.8 Å². The van der Waals surface area contributed by atoms with Gasteiger partial charge in [-0.05, 0) is 69.0 Å². The van der Waals surface area contributed by atoms with Crippen molar-refractivity contribution in [2.75, 3.05) is 33.3 Å². The van der Waals surface area contributed by atoms with Gasteiger partial charge >= 0.3 is 0 Å². The molecule has 0 aromatic heterocycles. The SMILES string of the molecule is CCNCC1CCN(S(=O)(=O)c2cc(C)c(OC)cc2C)CC1.Cl. The maximum absolute atomic E-state index is 13.0. The number of sulfonamides is 1. The Bertz CT molecular complexity index is 641. The minimum Gasteiger partial charge on any atom is -0.496 e. The number of nitrogens with zero attached hydrogens (tertiary/aromatic N) is 1. The van der Waals surface area contributed by atoms with E-state index < -0.39 is 10.0 Å². The smallest absolute Gasteiger partial charge is 0.243 e. The third-order valence-corrected chi connectivity index (χ3v) is 6.61. The fourth-order valence-electron chi connectivity index (χ4n) is 3.10. The van der Waals surface area contributed by atoms with Crippen LogP contribution in [-0.4, -0.2) is 46.0 Å². The summed E-state index contributed by atoms with van der Waals surface area (Å²) in [5.41, 5.74) is 1.58. The summed E-state index contributed by atoms with van der Waals surface area (Å²) in [4.78, 5) is 0.404. The first-order chi connectivity index (χ1) is 10.9. The Balaban J connectivity index is 0.00000288. The molecule has 1 heterocycles. The Kier molecular flexibility index (Phi) is 7.99. The minimum atomic E-state index is -3.43. The van der Waals surface area contributed by atoms with Crippen LogP contribution in [0.3, 0.4) is 0 Å². The van der Waals surface area contributed by atoms with Crippen LogP contribution in [0.1, 0.15) is 30.9 Å². The molecule has 1 fully saturated rings. The highest BCUT2D eigenvalue weighted by atomic mass is 35.5. The molecular weight excluding hydrogens is 348 g/mol. The van der Waals surface area contributed by atoms with E-state index in [2.05, 4.69) is 12.2 Å². The third kappa shape index (κ3) is 4.63. The second-order valence-electron chi connectivity index (χ2n) is 6.24. The van der Waals surface area contributed by atoms with E-state index in [-0.39, 0.29) is 12.4 Å². The minimum absolute atomic E-state index is 0. The number of halogens is 1. The number of benzene rings is 1. The molecule has 0 unspecified atom stereocenters. The van der Waals surface area contributed by atoms with Gasteiger partial charge in [-0.2, -0.15) is 4.31 Å². The van der Waals surface area contributed by atoms with E-state index in [1.807, 2.05) is 13.8 Å². The van der Waals surface area contributed by atoms with Gasteiger partial charge in [-0.1, -0.05) is 6.92 Å². The molecule has 1 aromatic carbocycles. The number of nitrogens with one attached hydrogen (secondary N) is 1. The van der Waals surface area contributed by atoms with Crippen molar-refractivity contribution in [1.29, 1.82) is 0 Å². The Labute approximate surface area is 152 Å². The molecule has 0 atom stereocenters. The van der Waals surface area contributed by atoms with Gasteiger partial charge in [-0.15, -0.1) is 12.4 Å². The summed E-state index contributed by atoms with van der Waals surface area (Å²) in [6, 6.07) is 3.54. The molecule has 138 valence electrons. The molecule has 0 bridgehead atoms. The molecule has 0 spiro atoms. The number of hydrogen-bond donors (Lipinski definition) is 1. The van der Waals surface area contributed by atoms with Crippen LogP contribution in [0.4, 0.5) is 0 Å². The molecule has 1 aliphatic rings. The average molecular weight is 377 g/mol. The van der Waals surface area contributed by atoms with Gasteiger partial charge < -0.3 is 10.1 Å². The summed E-state index contributed by atoms with van der Waals surface area (Å²) in [6.45, 7) is 8.93. The van der Waals surface area contributed by atoms with Crippen LogP contribution in [0.5, 0.6) is 5.75 Å². The van der Waals surface area contributed by atoms with Crippen LogP contribution < -0.4 is 10.1 Å². The molecule has 0 amide bonds. The Morgan fingerprint density at radius 1 is 1.21 bits per heavy atom. The lowest BCUT2D eigenvalue weighted by atomic mass is 9.98. The van der Waals surface area contributed by atoms with Gasteiger partial charge in [0, 0.05) is 13.1 Å². The molecule has 0 aliphatic carbocycles. The number of hydrogen-bond acceptors (Lipinski definition) is 4. The molecule has 7 heteroatoms. The van der Waals surface area contributed by atoms with Crippen LogP contribution >= 0.6 is 12.4 Å². The number of methoxy groups -OCH3 is 1. The highest BCUT2D eigenvalue weighted by Gasteiger charge is 2.30. The lowest BCUT2D eigenvalue weighted by Gasteiger charge is -2.31. The lowest BCUT2D eigenvalue weighted by molar-refractivity contribution is 0.268. The van der Waals surface area contributed by atoms with Crippen molar-refractivity contribution in [3.8, 4) is 5.75 Å². The third-order valence-electron chi connectivity index (χ3n) is 4.57. The number of rotatable bonds is 6. The highest BCUT2D eigenvalue weighted by Crippen LogP contribution is 2.29. The molecule has 1 aromatic rings. The van der Waals surface area contributed by atoms with E-state index in [1.165, 1.54) is 0 Å². The van der Waals surface area contributed by atoms with Crippen molar-refractivity contribution in [1.82, 2.24) is 9.62 Å². The number of aryl methyl sites for hydroxylation is 2. The monoisotopic (exact) mass is 376 g/mol. The van der Waals surface area contributed by atoms with Crippen molar-refractivity contribution >= 4 is 22.4 Å². The lowest BCUT2D eigenvalue weighted by Crippen LogP contribution is -2.40. The molecule has 1 aliphatic heterocycles. The van der Waals surface area contributed by atoms with E-state index in [4.69, 9.17) is 4.74 Å². The van der Waals surface area contributed by atoms with Crippen LogP contribution in [0.25, 0.3) is 0 Å². The fraction of sp³-hybridized carbons (Fsp3) is 0.647. The van der Waals surface area contributed by atoms with Crippen molar-refractivity contribution < 1.29 is 13.2 Å². The zero-order valence-corrected chi connectivity index (χ0v) is 16.6. The highest BCUT2D eigenvalue weighted by molar-refractivity contribution is 7.89. The van der Waals surface area contributed by atoms with E-state index in [0.29, 0.717) is 23.9 Å². The molecule has 2 rings (SSSR count). The van der Waals surface area contributed by atoms with E-state index >= 15 is 0 Å². The van der Waals surface area contributed by atoms with Gasteiger partial charge in [0.05, 0.1) is 12.0 Å². The second kappa shape index (κ2) is 9.04. The largest absolute Gasteiger partial charge is 0.496 e. The predicted octanol–water partition coefficient (Wildman–Crippen LogP) is 2.74. The van der Waals surface area contributed by atoms with Crippen LogP contribution in [0, 0.1) is 19.8 Å². The van der Waals surface area contributed by atoms with Gasteiger partial charge in [0.1, 0.15) is 5.75 Å². The summed E-state index contributed by atoms with van der Waals surface area (Å²) in [5.74, 6) is 1.30. The van der Waals surface area contributed by atoms with Crippen LogP contribution in [0.15, 0.2) is 17.0 Å². The number of piperidine rings is 1. The molecular formula is C17H29ClN2O3S. The normalized spacial score (nSPS) is 16.7. The quantitative estimate of drug-likeness (QED) is 0.829. The summed E-state index contributed by atoms with van der Waals surface area (Å²) in [5, 5.41) is 3.35. The van der Waals surface area contributed by atoms with Crippen molar-refractivity contribution in [3.63, 3.8) is 0 Å². The zero-order valence-electron chi connectivity index (χ0n) is 15.0. The Hall–Kier alpha value is -0.820. The summed E-state index contributed by atoms with van der Waals surface area (Å²) in [6.07, 6.45) is 1.83. The summed E-state index contributed by atoms with van der Waals surface area (Å²) < 4.78 is 32.8. The molecule has 0 radical (unpaired) electrons. The van der Waals surface area contributed by atoms with E-state index in [9.17, 15) is 8.42 Å². The summed E-state index contributed by atoms with van der Waals surface area (Å²) >= 11 is 0. The Morgan fingerprint density at radius 3 is 2.38 bits per heavy atom. The standard InChI is InChI=1S/C17H28N2O3S.ClH/c1-5-18-12-15-6-8-19(9-7-15)23(20,21)17-11-13(2)16(22-4)10-14(17)3;/h10-11,15,18H,5-9,12H2,1-4H3;1H. The zero-order chi connectivity index (χ0) is 17.0. The van der Waals surface area contributed by atoms with Gasteiger partial charge in [0.25, 0.3) is 0 Å². The Morgan fingerprint density at radius 2 is 1.83 bits per heavy atom. The summed E-state index contributed by atoms with van der Waals surface area (Å²) in [7, 11) is -1.82. The maximum Gasteiger partial charge on any atom is 0.243 e. The number of ether oxygens (including phenoxy) is 1. The van der Waals surface area contributed by atoms with Gasteiger partial charge in [-0.3, -0.25) is 0 Å². The average Bonchev–Trinajstić information content (AvgIpc) is 2.54. The topological polar surface area (TPSA) is 58.6 Å². The molecule has 5 nitrogen and oxygen atoms in total. The van der Waals surface area contributed by atoms with Gasteiger partial charge in [0.2, 0.25) is 10.0 Å². The molecule has 24 heavy (non-hydrogen) atoms. The first kappa shape index (κ1) is 21.2. The fourth-order valence-corrected chi connectivity index (χ4v) is 4.86. The van der Waals surface area contributed by atoms with Gasteiger partial charge in [-0.25, -0.2) is 8.42 Å².